The Morgan fingerprint density at radius 1 is 0.971 bits per heavy atom. The minimum atomic E-state index is -0.397. The van der Waals surface area contributed by atoms with Crippen LogP contribution in [-0.2, 0) is 0 Å². The molecule has 0 amide bonds. The van der Waals surface area contributed by atoms with E-state index in [1.165, 1.54) is 17.4 Å². The summed E-state index contributed by atoms with van der Waals surface area (Å²) in [6.45, 7) is 0. The molecule has 0 unspecified atom stereocenters. The zero-order valence-electron chi connectivity index (χ0n) is 17.7. The van der Waals surface area contributed by atoms with E-state index in [9.17, 15) is 10.1 Å². The largest absolute Gasteiger partial charge is 0.454 e. The highest BCUT2D eigenvalue weighted by Gasteiger charge is 2.15. The Labute approximate surface area is 197 Å². The Kier molecular flexibility index (Phi) is 4.78. The van der Waals surface area contributed by atoms with Crippen molar-refractivity contribution in [2.45, 2.75) is 0 Å². The SMILES string of the molecule is O=[N+]([O-])c1ccc2nc(C=Cc3cn(-c4ccccc4)nc3-c3cc4ccccc4o3)sc2c1. The average molecular weight is 465 g/mol. The number of nitro benzene ring substituents is 1. The first-order valence-electron chi connectivity index (χ1n) is 10.5. The van der Waals surface area contributed by atoms with Crippen molar-refractivity contribution in [2.75, 3.05) is 0 Å². The second-order valence-corrected chi connectivity index (χ2v) is 8.72. The fourth-order valence-electron chi connectivity index (χ4n) is 3.79. The van der Waals surface area contributed by atoms with Crippen molar-refractivity contribution >= 4 is 50.4 Å². The molecule has 0 spiro atoms. The molecule has 0 saturated carbocycles. The van der Waals surface area contributed by atoms with Gasteiger partial charge in [-0.25, -0.2) is 9.67 Å². The number of nitro groups is 1. The molecular weight excluding hydrogens is 448 g/mol. The molecule has 0 aliphatic rings. The minimum Gasteiger partial charge on any atom is -0.454 e. The standard InChI is InChI=1S/C26H16N4O3S/c31-30(32)20-11-12-21-24(15-20)34-25(27-21)13-10-18-16-29(19-7-2-1-3-8-19)28-26(18)23-14-17-6-4-5-9-22(17)33-23/h1-16H. The van der Waals surface area contributed by atoms with E-state index in [0.717, 1.165) is 37.4 Å². The van der Waals surface area contributed by atoms with Gasteiger partial charge in [0.2, 0.25) is 0 Å². The van der Waals surface area contributed by atoms with E-state index in [1.54, 1.807) is 12.1 Å². The van der Waals surface area contributed by atoms with Crippen molar-refractivity contribution in [2.24, 2.45) is 0 Å². The van der Waals surface area contributed by atoms with Gasteiger partial charge in [0.05, 0.1) is 20.8 Å². The lowest BCUT2D eigenvalue weighted by Crippen LogP contribution is -1.93. The molecule has 3 aromatic carbocycles. The summed E-state index contributed by atoms with van der Waals surface area (Å²) < 4.78 is 8.69. The lowest BCUT2D eigenvalue weighted by atomic mass is 10.2. The molecule has 8 heteroatoms. The van der Waals surface area contributed by atoms with Crippen molar-refractivity contribution in [1.82, 2.24) is 14.8 Å². The first-order chi connectivity index (χ1) is 16.6. The highest BCUT2D eigenvalue weighted by atomic mass is 32.1. The second-order valence-electron chi connectivity index (χ2n) is 7.66. The van der Waals surface area contributed by atoms with Crippen LogP contribution in [0.4, 0.5) is 5.69 Å². The van der Waals surface area contributed by atoms with Crippen LogP contribution in [0.15, 0.2) is 89.5 Å². The van der Waals surface area contributed by atoms with Gasteiger partial charge < -0.3 is 4.42 Å². The highest BCUT2D eigenvalue weighted by molar-refractivity contribution is 7.19. The van der Waals surface area contributed by atoms with E-state index in [4.69, 9.17) is 9.52 Å². The summed E-state index contributed by atoms with van der Waals surface area (Å²) >= 11 is 1.40. The Hall–Kier alpha value is -4.56. The van der Waals surface area contributed by atoms with Crippen LogP contribution in [0.3, 0.4) is 0 Å². The predicted octanol–water partition coefficient (Wildman–Crippen LogP) is 6.97. The summed E-state index contributed by atoms with van der Waals surface area (Å²) in [4.78, 5) is 15.3. The van der Waals surface area contributed by atoms with Gasteiger partial charge in [0.15, 0.2) is 5.76 Å². The first kappa shape index (κ1) is 20.1. The molecule has 164 valence electrons. The summed E-state index contributed by atoms with van der Waals surface area (Å²) in [6.07, 6.45) is 5.79. The van der Waals surface area contributed by atoms with Crippen LogP contribution < -0.4 is 0 Å². The third-order valence-corrected chi connectivity index (χ3v) is 6.41. The maximum absolute atomic E-state index is 11.1. The number of rotatable bonds is 5. The fraction of sp³-hybridized carbons (Fsp3) is 0. The quantitative estimate of drug-likeness (QED) is 0.203. The Morgan fingerprint density at radius 3 is 2.62 bits per heavy atom. The fourth-order valence-corrected chi connectivity index (χ4v) is 4.69. The normalized spacial score (nSPS) is 11.6. The second kappa shape index (κ2) is 8.09. The molecule has 0 bridgehead atoms. The van der Waals surface area contributed by atoms with Gasteiger partial charge in [-0.15, -0.1) is 11.3 Å². The number of benzene rings is 3. The number of para-hydroxylation sites is 2. The number of nitrogens with zero attached hydrogens (tertiary/aromatic N) is 4. The summed E-state index contributed by atoms with van der Waals surface area (Å²) in [5.74, 6) is 0.676. The summed E-state index contributed by atoms with van der Waals surface area (Å²) in [5, 5.41) is 17.6. The monoisotopic (exact) mass is 464 g/mol. The molecule has 0 atom stereocenters. The van der Waals surface area contributed by atoms with Crippen LogP contribution in [0.25, 0.3) is 50.5 Å². The minimum absolute atomic E-state index is 0.0583. The van der Waals surface area contributed by atoms with Crippen LogP contribution in [0, 0.1) is 10.1 Å². The van der Waals surface area contributed by atoms with Gasteiger partial charge >= 0.3 is 0 Å². The first-order valence-corrected chi connectivity index (χ1v) is 11.3. The third-order valence-electron chi connectivity index (χ3n) is 5.43. The summed E-state index contributed by atoms with van der Waals surface area (Å²) in [6, 6.07) is 24.4. The van der Waals surface area contributed by atoms with Crippen molar-refractivity contribution < 1.29 is 9.34 Å². The third kappa shape index (κ3) is 3.66. The van der Waals surface area contributed by atoms with Crippen molar-refractivity contribution in [3.63, 3.8) is 0 Å². The van der Waals surface area contributed by atoms with Crippen molar-refractivity contribution in [3.8, 4) is 17.1 Å². The zero-order chi connectivity index (χ0) is 23.1. The van der Waals surface area contributed by atoms with Gasteiger partial charge in [0.1, 0.15) is 16.3 Å². The van der Waals surface area contributed by atoms with Crippen molar-refractivity contribution in [3.05, 3.63) is 106 Å². The van der Waals surface area contributed by atoms with Gasteiger partial charge in [-0.2, -0.15) is 5.10 Å². The maximum Gasteiger partial charge on any atom is 0.270 e. The molecule has 34 heavy (non-hydrogen) atoms. The van der Waals surface area contributed by atoms with Gasteiger partial charge in [-0.1, -0.05) is 36.4 Å². The molecule has 3 heterocycles. The van der Waals surface area contributed by atoms with Gasteiger partial charge in [-0.05, 0) is 42.5 Å². The van der Waals surface area contributed by atoms with E-state index in [-0.39, 0.29) is 5.69 Å². The molecule has 7 nitrogen and oxygen atoms in total. The number of thiazole rings is 1. The maximum atomic E-state index is 11.1. The van der Waals surface area contributed by atoms with Crippen LogP contribution >= 0.6 is 11.3 Å². The van der Waals surface area contributed by atoms with Gasteiger partial charge in [0, 0.05) is 29.3 Å². The summed E-state index contributed by atoms with van der Waals surface area (Å²) in [5.41, 5.74) is 4.11. The van der Waals surface area contributed by atoms with Gasteiger partial charge in [0.25, 0.3) is 5.69 Å². The van der Waals surface area contributed by atoms with E-state index >= 15 is 0 Å². The van der Waals surface area contributed by atoms with Gasteiger partial charge in [-0.3, -0.25) is 10.1 Å². The number of fused-ring (bicyclic) bond motifs is 2. The van der Waals surface area contributed by atoms with Crippen LogP contribution in [0.2, 0.25) is 0 Å². The van der Waals surface area contributed by atoms with E-state index < -0.39 is 4.92 Å². The molecule has 6 rings (SSSR count). The molecule has 0 N–H and O–H groups in total. The smallest absolute Gasteiger partial charge is 0.270 e. The Bertz CT molecular complexity index is 1660. The summed E-state index contributed by atoms with van der Waals surface area (Å²) in [7, 11) is 0. The topological polar surface area (TPSA) is 87.0 Å². The predicted molar refractivity (Wildman–Crippen MR) is 134 cm³/mol. The number of aromatic nitrogens is 3. The lowest BCUT2D eigenvalue weighted by molar-refractivity contribution is -0.384. The molecule has 0 saturated heterocycles. The van der Waals surface area contributed by atoms with Crippen LogP contribution in [0.5, 0.6) is 0 Å². The zero-order valence-corrected chi connectivity index (χ0v) is 18.5. The molecule has 0 aliphatic heterocycles. The number of hydrogen-bond acceptors (Lipinski definition) is 6. The van der Waals surface area contributed by atoms with E-state index in [2.05, 4.69) is 4.98 Å². The van der Waals surface area contributed by atoms with E-state index in [1.807, 2.05) is 83.7 Å². The van der Waals surface area contributed by atoms with Crippen molar-refractivity contribution in [1.29, 1.82) is 0 Å². The molecule has 0 aliphatic carbocycles. The average Bonchev–Trinajstić information content (AvgIpc) is 3.58. The van der Waals surface area contributed by atoms with E-state index in [0.29, 0.717) is 11.5 Å². The molecule has 0 fully saturated rings. The Morgan fingerprint density at radius 2 is 1.79 bits per heavy atom. The van der Waals surface area contributed by atoms with Crippen LogP contribution in [-0.4, -0.2) is 19.7 Å². The van der Waals surface area contributed by atoms with Crippen LogP contribution in [0.1, 0.15) is 10.6 Å². The molecule has 0 radical (unpaired) electrons. The molecule has 3 aromatic heterocycles. The molecular formula is C26H16N4O3S. The number of furan rings is 1. The molecule has 6 aromatic rings. The number of hydrogen-bond donors (Lipinski definition) is 0. The lowest BCUT2D eigenvalue weighted by Gasteiger charge is -1.98. The Balaban J connectivity index is 1.43. The highest BCUT2D eigenvalue weighted by Crippen LogP contribution is 2.32. The number of non-ortho nitro benzene ring substituents is 1.